The van der Waals surface area contributed by atoms with Crippen LogP contribution in [0.25, 0.3) is 11.1 Å². The lowest BCUT2D eigenvalue weighted by Crippen LogP contribution is -1.96. The van der Waals surface area contributed by atoms with Crippen molar-refractivity contribution in [3.05, 3.63) is 59.7 Å². The SMILES string of the molecule is C#C.O=C1OC(=O)c2ccccc21.c1cc2ccc1-2. The van der Waals surface area contributed by atoms with Crippen LogP contribution in [0.1, 0.15) is 20.7 Å². The molecule has 1 aliphatic heterocycles. The van der Waals surface area contributed by atoms with Crippen LogP contribution in [0, 0.1) is 12.8 Å². The molecule has 1 aromatic rings. The average molecular weight is 250 g/mol. The predicted octanol–water partition coefficient (Wildman–Crippen LogP) is 2.91. The van der Waals surface area contributed by atoms with Crippen LogP contribution < -0.4 is 0 Å². The van der Waals surface area contributed by atoms with E-state index in [0.29, 0.717) is 11.1 Å². The van der Waals surface area contributed by atoms with Gasteiger partial charge in [-0.2, -0.15) is 0 Å². The Hall–Kier alpha value is -2.86. The number of esters is 2. The minimum Gasteiger partial charge on any atom is -0.386 e. The van der Waals surface area contributed by atoms with Crippen molar-refractivity contribution in [2.45, 2.75) is 0 Å². The summed E-state index contributed by atoms with van der Waals surface area (Å²) >= 11 is 0. The second-order valence-corrected chi connectivity index (χ2v) is 3.80. The van der Waals surface area contributed by atoms with Crippen LogP contribution in [-0.4, -0.2) is 11.9 Å². The molecule has 0 fully saturated rings. The van der Waals surface area contributed by atoms with E-state index in [2.05, 4.69) is 41.8 Å². The van der Waals surface area contributed by atoms with E-state index in [1.54, 1.807) is 24.3 Å². The molecule has 1 heterocycles. The molecule has 3 aliphatic rings. The van der Waals surface area contributed by atoms with E-state index in [0.717, 1.165) is 0 Å². The fraction of sp³-hybridized carbons (Fsp3) is 0. The molecule has 0 saturated carbocycles. The van der Waals surface area contributed by atoms with Gasteiger partial charge in [-0.1, -0.05) is 36.4 Å². The minimum atomic E-state index is -0.550. The van der Waals surface area contributed by atoms with Crippen LogP contribution in [0.3, 0.4) is 0 Å². The summed E-state index contributed by atoms with van der Waals surface area (Å²) < 4.78 is 4.35. The fourth-order valence-corrected chi connectivity index (χ4v) is 1.70. The highest BCUT2D eigenvalue weighted by atomic mass is 16.6. The third-order valence-electron chi connectivity index (χ3n) is 2.77. The van der Waals surface area contributed by atoms with Crippen LogP contribution in [0.2, 0.25) is 0 Å². The first-order chi connectivity index (χ1) is 9.25. The maximum absolute atomic E-state index is 10.8. The van der Waals surface area contributed by atoms with Gasteiger partial charge in [-0.3, -0.25) is 0 Å². The zero-order chi connectivity index (χ0) is 13.8. The highest BCUT2D eigenvalue weighted by Gasteiger charge is 2.28. The number of rotatable bonds is 0. The minimum absolute atomic E-state index is 0.359. The number of cyclic esters (lactones) is 2. The topological polar surface area (TPSA) is 43.4 Å². The van der Waals surface area contributed by atoms with Crippen LogP contribution in [-0.2, 0) is 4.74 Å². The van der Waals surface area contributed by atoms with Crippen LogP contribution in [0.5, 0.6) is 0 Å². The molecule has 0 N–H and O–H groups in total. The molecule has 0 amide bonds. The lowest BCUT2D eigenvalue weighted by Gasteiger charge is -2.10. The second-order valence-electron chi connectivity index (χ2n) is 3.80. The molecule has 0 atom stereocenters. The van der Waals surface area contributed by atoms with E-state index in [4.69, 9.17) is 0 Å². The van der Waals surface area contributed by atoms with Gasteiger partial charge in [0.2, 0.25) is 0 Å². The predicted molar refractivity (Wildman–Crippen MR) is 71.5 cm³/mol. The Morgan fingerprint density at radius 3 is 1.32 bits per heavy atom. The molecule has 0 spiro atoms. The summed E-state index contributed by atoms with van der Waals surface area (Å²) in [4.78, 5) is 21.7. The Kier molecular flexibility index (Phi) is 3.44. The maximum Gasteiger partial charge on any atom is 0.346 e. The van der Waals surface area contributed by atoms with Gasteiger partial charge in [-0.25, -0.2) is 9.59 Å². The molecule has 0 unspecified atom stereocenters. The van der Waals surface area contributed by atoms with E-state index >= 15 is 0 Å². The third-order valence-corrected chi connectivity index (χ3v) is 2.77. The summed E-state index contributed by atoms with van der Waals surface area (Å²) in [5, 5.41) is 0. The van der Waals surface area contributed by atoms with Gasteiger partial charge in [0.1, 0.15) is 0 Å². The Bertz CT molecular complexity index is 597. The Balaban J connectivity index is 0.000000140. The summed E-state index contributed by atoms with van der Waals surface area (Å²) in [7, 11) is 0. The van der Waals surface area contributed by atoms with Gasteiger partial charge in [0.05, 0.1) is 11.1 Å². The van der Waals surface area contributed by atoms with Crippen molar-refractivity contribution in [1.29, 1.82) is 0 Å². The zero-order valence-corrected chi connectivity index (χ0v) is 10.00. The van der Waals surface area contributed by atoms with Crippen molar-refractivity contribution in [2.24, 2.45) is 0 Å². The molecule has 3 nitrogen and oxygen atoms in total. The van der Waals surface area contributed by atoms with Gasteiger partial charge in [0.25, 0.3) is 0 Å². The highest BCUT2D eigenvalue weighted by Crippen LogP contribution is 2.29. The summed E-state index contributed by atoms with van der Waals surface area (Å²) in [5.41, 5.74) is 3.57. The maximum atomic E-state index is 10.8. The molecule has 0 radical (unpaired) electrons. The number of terminal acetylenes is 1. The van der Waals surface area contributed by atoms with E-state index in [-0.39, 0.29) is 0 Å². The first kappa shape index (κ1) is 12.6. The molecule has 19 heavy (non-hydrogen) atoms. The largest absolute Gasteiger partial charge is 0.386 e. The van der Waals surface area contributed by atoms with Crippen LogP contribution in [0.4, 0.5) is 0 Å². The number of carbonyl (C=O) groups is 2. The van der Waals surface area contributed by atoms with Crippen molar-refractivity contribution in [1.82, 2.24) is 0 Å². The van der Waals surface area contributed by atoms with Gasteiger partial charge in [-0.05, 0) is 23.3 Å². The Morgan fingerprint density at radius 1 is 0.684 bits per heavy atom. The van der Waals surface area contributed by atoms with Crippen LogP contribution >= 0.6 is 0 Å². The first-order valence-electron chi connectivity index (χ1n) is 5.55. The lowest BCUT2D eigenvalue weighted by molar-refractivity contribution is 0.0444. The normalized spacial score (nSPS) is 12.1. The summed E-state index contributed by atoms with van der Waals surface area (Å²) in [6.07, 6.45) is 8.00. The lowest BCUT2D eigenvalue weighted by atomic mass is 9.95. The number of hydrogen-bond acceptors (Lipinski definition) is 3. The number of fused-ring (bicyclic) bond motifs is 2. The molecule has 0 bridgehead atoms. The summed E-state index contributed by atoms with van der Waals surface area (Å²) in [6, 6.07) is 15.0. The van der Waals surface area contributed by atoms with Gasteiger partial charge in [0.15, 0.2) is 0 Å². The van der Waals surface area contributed by atoms with Gasteiger partial charge in [0, 0.05) is 0 Å². The first-order valence-corrected chi connectivity index (χ1v) is 5.55. The molecule has 0 aromatic heterocycles. The second kappa shape index (κ2) is 5.19. The molecule has 3 heteroatoms. The number of hydrogen-bond donors (Lipinski definition) is 0. The average Bonchev–Trinajstić information content (AvgIpc) is 2.73. The van der Waals surface area contributed by atoms with Crippen molar-refractivity contribution < 1.29 is 14.3 Å². The monoisotopic (exact) mass is 250 g/mol. The quantitative estimate of drug-likeness (QED) is 0.350. The van der Waals surface area contributed by atoms with E-state index in [1.165, 1.54) is 11.1 Å². The number of carbonyl (C=O) groups excluding carboxylic acids is 2. The zero-order valence-electron chi connectivity index (χ0n) is 10.00. The molecule has 0 saturated heterocycles. The Morgan fingerprint density at radius 2 is 1.05 bits per heavy atom. The van der Waals surface area contributed by atoms with Crippen molar-refractivity contribution in [2.75, 3.05) is 0 Å². The smallest absolute Gasteiger partial charge is 0.346 e. The summed E-state index contributed by atoms with van der Waals surface area (Å²) in [5.74, 6) is -1.10. The summed E-state index contributed by atoms with van der Waals surface area (Å²) in [6.45, 7) is 0. The molecular formula is C16H10O3. The van der Waals surface area contributed by atoms with Crippen molar-refractivity contribution in [3.8, 4) is 24.0 Å². The molecular weight excluding hydrogens is 240 g/mol. The molecule has 1 aromatic carbocycles. The fourth-order valence-electron chi connectivity index (χ4n) is 1.70. The van der Waals surface area contributed by atoms with E-state index in [1.807, 2.05) is 0 Å². The molecule has 2 aliphatic carbocycles. The number of ether oxygens (including phenoxy) is 1. The van der Waals surface area contributed by atoms with Crippen LogP contribution in [0.15, 0.2) is 48.5 Å². The van der Waals surface area contributed by atoms with Gasteiger partial charge < -0.3 is 4.74 Å². The molecule has 92 valence electrons. The highest BCUT2D eigenvalue weighted by molar-refractivity contribution is 6.14. The Labute approximate surface area is 110 Å². The van der Waals surface area contributed by atoms with Gasteiger partial charge in [-0.15, -0.1) is 12.8 Å². The standard InChI is InChI=1S/C8H4O3.C6H4.C2H2/c9-7-5-3-1-2-4-6(5)8(10)11-7;1-2-6-4-3-5(1)6;1-2/h1-4H;1-4H;1-2H. The van der Waals surface area contributed by atoms with Gasteiger partial charge >= 0.3 is 11.9 Å². The van der Waals surface area contributed by atoms with E-state index in [9.17, 15) is 9.59 Å². The van der Waals surface area contributed by atoms with Crippen molar-refractivity contribution >= 4 is 11.9 Å². The van der Waals surface area contributed by atoms with Crippen molar-refractivity contribution in [3.63, 3.8) is 0 Å². The van der Waals surface area contributed by atoms with E-state index < -0.39 is 11.9 Å². The third kappa shape index (κ3) is 2.24. The number of benzene rings is 2. The molecule has 4 rings (SSSR count).